The van der Waals surface area contributed by atoms with Crippen molar-refractivity contribution in [2.75, 3.05) is 0 Å². The topological polar surface area (TPSA) is 94.7 Å². The van der Waals surface area contributed by atoms with Crippen LogP contribution in [-0.2, 0) is 16.6 Å². The van der Waals surface area contributed by atoms with Gasteiger partial charge in [-0.15, -0.1) is 0 Å². The molecule has 0 radical (unpaired) electrons. The van der Waals surface area contributed by atoms with E-state index in [0.29, 0.717) is 12.2 Å². The molecule has 1 aliphatic rings. The van der Waals surface area contributed by atoms with Gasteiger partial charge in [-0.3, -0.25) is 0 Å². The summed E-state index contributed by atoms with van der Waals surface area (Å²) >= 11 is 0. The number of hydrogen-bond acceptors (Lipinski definition) is 5. The second-order valence-electron chi connectivity index (χ2n) is 5.41. The van der Waals surface area contributed by atoms with Crippen LogP contribution < -0.4 is 4.72 Å². The van der Waals surface area contributed by atoms with Crippen LogP contribution in [0.2, 0.25) is 0 Å². The molecule has 0 saturated heterocycles. The molecule has 1 aliphatic heterocycles. The third kappa shape index (κ3) is 2.70. The summed E-state index contributed by atoms with van der Waals surface area (Å²) in [5, 5.41) is 4.12. The molecule has 3 rings (SSSR count). The molecule has 1 unspecified atom stereocenters. The zero-order chi connectivity index (χ0) is 15.0. The molecule has 21 heavy (non-hydrogen) atoms. The van der Waals surface area contributed by atoms with E-state index in [4.69, 9.17) is 0 Å². The normalized spacial score (nSPS) is 18.9. The van der Waals surface area contributed by atoms with Gasteiger partial charge in [0.2, 0.25) is 0 Å². The van der Waals surface area contributed by atoms with Crippen LogP contribution in [0, 0.1) is 0 Å². The van der Waals surface area contributed by atoms with Crippen LogP contribution >= 0.6 is 0 Å². The Morgan fingerprint density at radius 2 is 2.19 bits per heavy atom. The maximum Gasteiger partial charge on any atom is 0.260 e. The molecular weight excluding hydrogens is 292 g/mol. The second kappa shape index (κ2) is 5.23. The molecule has 0 fully saturated rings. The zero-order valence-electron chi connectivity index (χ0n) is 12.0. The molecule has 0 saturated carbocycles. The largest absolute Gasteiger partial charge is 0.334 e. The first-order chi connectivity index (χ1) is 9.97. The molecule has 0 spiro atoms. The fourth-order valence-corrected chi connectivity index (χ4v) is 3.55. The molecule has 8 nitrogen and oxygen atoms in total. The Morgan fingerprint density at radius 1 is 1.38 bits per heavy atom. The first kappa shape index (κ1) is 14.2. The molecule has 0 amide bonds. The van der Waals surface area contributed by atoms with Crippen molar-refractivity contribution in [3.63, 3.8) is 0 Å². The Kier molecular flexibility index (Phi) is 3.54. The van der Waals surface area contributed by atoms with Crippen LogP contribution in [-0.4, -0.2) is 32.7 Å². The lowest BCUT2D eigenvalue weighted by Crippen LogP contribution is -2.33. The van der Waals surface area contributed by atoms with Crippen molar-refractivity contribution in [1.82, 2.24) is 29.0 Å². The van der Waals surface area contributed by atoms with Crippen LogP contribution in [0.15, 0.2) is 23.9 Å². The first-order valence-corrected chi connectivity index (χ1v) is 8.39. The van der Waals surface area contributed by atoms with Gasteiger partial charge in [-0.05, 0) is 26.7 Å². The molecule has 2 aromatic rings. The van der Waals surface area contributed by atoms with Gasteiger partial charge in [0, 0.05) is 18.8 Å². The Balaban J connectivity index is 1.84. The van der Waals surface area contributed by atoms with Crippen LogP contribution in [0.3, 0.4) is 0 Å². The minimum atomic E-state index is -3.66. The SMILES string of the molecule is CC(C)n1cnc(S(=O)(=O)NC2CCCn3ncnc32)c1. The predicted octanol–water partition coefficient (Wildman–Crippen LogP) is 0.869. The number of imidazole rings is 1. The van der Waals surface area contributed by atoms with Gasteiger partial charge in [0.25, 0.3) is 10.0 Å². The summed E-state index contributed by atoms with van der Waals surface area (Å²) in [6, 6.07) is -0.185. The molecule has 1 N–H and O–H groups in total. The Bertz CT molecular complexity index is 733. The molecule has 3 heterocycles. The van der Waals surface area contributed by atoms with Crippen LogP contribution in [0.5, 0.6) is 0 Å². The number of aryl methyl sites for hydroxylation is 1. The molecule has 9 heteroatoms. The fraction of sp³-hybridized carbons (Fsp3) is 0.583. The highest BCUT2D eigenvalue weighted by molar-refractivity contribution is 7.89. The van der Waals surface area contributed by atoms with E-state index >= 15 is 0 Å². The summed E-state index contributed by atoms with van der Waals surface area (Å²) in [4.78, 5) is 8.14. The van der Waals surface area contributed by atoms with Crippen molar-refractivity contribution in [3.05, 3.63) is 24.7 Å². The van der Waals surface area contributed by atoms with Gasteiger partial charge in [0.05, 0.1) is 12.4 Å². The van der Waals surface area contributed by atoms with Crippen LogP contribution in [0.25, 0.3) is 0 Å². The zero-order valence-corrected chi connectivity index (χ0v) is 12.8. The lowest BCUT2D eigenvalue weighted by molar-refractivity contribution is 0.399. The van der Waals surface area contributed by atoms with E-state index in [1.807, 2.05) is 13.8 Å². The van der Waals surface area contributed by atoms with E-state index in [2.05, 4.69) is 19.8 Å². The second-order valence-corrected chi connectivity index (χ2v) is 7.07. The minimum Gasteiger partial charge on any atom is -0.334 e. The Labute approximate surface area is 123 Å². The minimum absolute atomic E-state index is 0.0350. The van der Waals surface area contributed by atoms with E-state index in [-0.39, 0.29) is 17.1 Å². The summed E-state index contributed by atoms with van der Waals surface area (Å²) in [5.74, 6) is 0.660. The highest BCUT2D eigenvalue weighted by Crippen LogP contribution is 2.24. The number of aromatic nitrogens is 5. The van der Waals surface area contributed by atoms with E-state index in [0.717, 1.165) is 13.0 Å². The van der Waals surface area contributed by atoms with Crippen molar-refractivity contribution in [1.29, 1.82) is 0 Å². The summed E-state index contributed by atoms with van der Waals surface area (Å²) in [5.41, 5.74) is 0. The number of sulfonamides is 1. The standard InChI is InChI=1S/C12H18N6O2S/c1-9(2)17-6-11(14-8-17)21(19,20)16-10-4-3-5-18-12(10)13-7-15-18/h6-10,16H,3-5H2,1-2H3. The van der Waals surface area contributed by atoms with Gasteiger partial charge in [0.15, 0.2) is 5.03 Å². The van der Waals surface area contributed by atoms with Gasteiger partial charge >= 0.3 is 0 Å². The molecule has 0 aliphatic carbocycles. The van der Waals surface area contributed by atoms with Crippen LogP contribution in [0.4, 0.5) is 0 Å². The maximum atomic E-state index is 12.4. The first-order valence-electron chi connectivity index (χ1n) is 6.91. The average Bonchev–Trinajstić information content (AvgIpc) is 3.08. The van der Waals surface area contributed by atoms with Gasteiger partial charge in [-0.1, -0.05) is 0 Å². The highest BCUT2D eigenvalue weighted by atomic mass is 32.2. The maximum absolute atomic E-state index is 12.4. The molecule has 0 bridgehead atoms. The Hall–Kier alpha value is -1.74. The number of rotatable bonds is 4. The number of fused-ring (bicyclic) bond motifs is 1. The quantitative estimate of drug-likeness (QED) is 0.904. The summed E-state index contributed by atoms with van der Waals surface area (Å²) < 4.78 is 31.0. The van der Waals surface area contributed by atoms with Gasteiger partial charge in [0.1, 0.15) is 12.2 Å². The third-order valence-electron chi connectivity index (χ3n) is 3.57. The van der Waals surface area contributed by atoms with E-state index in [1.54, 1.807) is 15.4 Å². The molecule has 0 aromatic carbocycles. The lowest BCUT2D eigenvalue weighted by atomic mass is 10.1. The fourth-order valence-electron chi connectivity index (χ4n) is 2.39. The predicted molar refractivity (Wildman–Crippen MR) is 74.9 cm³/mol. The van der Waals surface area contributed by atoms with E-state index in [9.17, 15) is 8.42 Å². The smallest absolute Gasteiger partial charge is 0.260 e. The number of nitrogens with zero attached hydrogens (tertiary/aromatic N) is 5. The summed E-state index contributed by atoms with van der Waals surface area (Å²) in [7, 11) is -3.66. The summed E-state index contributed by atoms with van der Waals surface area (Å²) in [6.07, 6.45) is 6.10. The van der Waals surface area contributed by atoms with Crippen LogP contribution in [0.1, 0.15) is 44.6 Å². The van der Waals surface area contributed by atoms with E-state index in [1.165, 1.54) is 12.7 Å². The van der Waals surface area contributed by atoms with Crippen molar-refractivity contribution in [3.8, 4) is 0 Å². The van der Waals surface area contributed by atoms with Crippen molar-refractivity contribution in [2.24, 2.45) is 0 Å². The van der Waals surface area contributed by atoms with Crippen molar-refractivity contribution >= 4 is 10.0 Å². The van der Waals surface area contributed by atoms with Gasteiger partial charge < -0.3 is 4.57 Å². The molecule has 1 atom stereocenters. The Morgan fingerprint density at radius 3 is 2.90 bits per heavy atom. The third-order valence-corrected chi connectivity index (χ3v) is 4.92. The molecular formula is C12H18N6O2S. The van der Waals surface area contributed by atoms with E-state index < -0.39 is 10.0 Å². The van der Waals surface area contributed by atoms with Gasteiger partial charge in [-0.25, -0.2) is 23.1 Å². The summed E-state index contributed by atoms with van der Waals surface area (Å²) in [6.45, 7) is 4.71. The average molecular weight is 310 g/mol. The van der Waals surface area contributed by atoms with Crippen molar-refractivity contribution < 1.29 is 8.42 Å². The van der Waals surface area contributed by atoms with Gasteiger partial charge in [-0.2, -0.15) is 9.82 Å². The monoisotopic (exact) mass is 310 g/mol. The lowest BCUT2D eigenvalue weighted by Gasteiger charge is -2.22. The molecule has 114 valence electrons. The molecule has 2 aromatic heterocycles. The highest BCUT2D eigenvalue weighted by Gasteiger charge is 2.28. The number of hydrogen-bond donors (Lipinski definition) is 1. The van der Waals surface area contributed by atoms with Crippen molar-refractivity contribution in [2.45, 2.75) is 50.3 Å². The number of nitrogens with one attached hydrogen (secondary N) is 1.